The van der Waals surface area contributed by atoms with Crippen LogP contribution in [0.1, 0.15) is 33.1 Å². The van der Waals surface area contributed by atoms with Crippen molar-refractivity contribution in [3.05, 3.63) is 0 Å². The van der Waals surface area contributed by atoms with E-state index in [0.29, 0.717) is 18.9 Å². The van der Waals surface area contributed by atoms with Crippen LogP contribution in [0.25, 0.3) is 0 Å². The van der Waals surface area contributed by atoms with Crippen LogP contribution in [0.4, 0.5) is 0 Å². The van der Waals surface area contributed by atoms with E-state index in [0.717, 1.165) is 0 Å². The number of hydrogen-bond donors (Lipinski definition) is 1. The van der Waals surface area contributed by atoms with Crippen molar-refractivity contribution >= 4 is 5.97 Å². The van der Waals surface area contributed by atoms with E-state index in [1.165, 1.54) is 12.8 Å². The Morgan fingerprint density at radius 3 is 2.58 bits per heavy atom. The molecule has 70 valence electrons. The van der Waals surface area contributed by atoms with Crippen molar-refractivity contribution in [1.82, 2.24) is 0 Å². The molecule has 0 aromatic heterocycles. The molecule has 1 N–H and O–H groups in total. The van der Waals surface area contributed by atoms with Crippen molar-refractivity contribution in [2.75, 3.05) is 6.61 Å². The Labute approximate surface area is 72.7 Å². The van der Waals surface area contributed by atoms with Gasteiger partial charge >= 0.3 is 5.97 Å². The third-order valence-corrected chi connectivity index (χ3v) is 2.46. The molecular formula is C9H16O3. The largest absolute Gasteiger partial charge is 0.479 e. The van der Waals surface area contributed by atoms with E-state index in [-0.39, 0.29) is 0 Å². The predicted molar refractivity (Wildman–Crippen MR) is 45.0 cm³/mol. The minimum atomic E-state index is -0.970. The third-order valence-electron chi connectivity index (χ3n) is 2.46. The van der Waals surface area contributed by atoms with Gasteiger partial charge in [-0.25, -0.2) is 4.79 Å². The molecule has 1 atom stereocenters. The average Bonchev–Trinajstić information content (AvgIpc) is 2.83. The number of hydrogen-bond acceptors (Lipinski definition) is 2. The SMILES string of the molecule is CCC(C)(OCC1CC1)C(=O)O. The Kier molecular flexibility index (Phi) is 2.73. The number of carboxylic acids is 1. The van der Waals surface area contributed by atoms with E-state index in [2.05, 4.69) is 0 Å². The molecular weight excluding hydrogens is 156 g/mol. The second-order valence-electron chi connectivity index (χ2n) is 3.64. The van der Waals surface area contributed by atoms with Crippen LogP contribution < -0.4 is 0 Å². The summed E-state index contributed by atoms with van der Waals surface area (Å²) in [5.74, 6) is -0.235. The van der Waals surface area contributed by atoms with Crippen LogP contribution >= 0.6 is 0 Å². The molecule has 0 saturated heterocycles. The molecule has 1 aliphatic carbocycles. The van der Waals surface area contributed by atoms with Gasteiger partial charge in [0.05, 0.1) is 6.61 Å². The Morgan fingerprint density at radius 2 is 2.25 bits per heavy atom. The fourth-order valence-electron chi connectivity index (χ4n) is 0.901. The van der Waals surface area contributed by atoms with Gasteiger partial charge in [0.15, 0.2) is 5.60 Å². The van der Waals surface area contributed by atoms with Crippen LogP contribution in [0, 0.1) is 5.92 Å². The molecule has 0 heterocycles. The van der Waals surface area contributed by atoms with E-state index >= 15 is 0 Å². The van der Waals surface area contributed by atoms with Gasteiger partial charge in [-0.05, 0) is 32.1 Å². The van der Waals surface area contributed by atoms with Crippen LogP contribution in [0.5, 0.6) is 0 Å². The molecule has 0 radical (unpaired) electrons. The monoisotopic (exact) mass is 172 g/mol. The van der Waals surface area contributed by atoms with E-state index in [4.69, 9.17) is 9.84 Å². The highest BCUT2D eigenvalue weighted by molar-refractivity contribution is 5.76. The first-order valence-electron chi connectivity index (χ1n) is 4.46. The van der Waals surface area contributed by atoms with Crippen LogP contribution in [0.3, 0.4) is 0 Å². The molecule has 0 amide bonds. The number of carbonyl (C=O) groups is 1. The van der Waals surface area contributed by atoms with Crippen LogP contribution in [-0.4, -0.2) is 23.3 Å². The number of aliphatic carboxylic acids is 1. The molecule has 3 heteroatoms. The molecule has 0 aromatic rings. The zero-order valence-electron chi connectivity index (χ0n) is 7.67. The molecule has 3 nitrogen and oxygen atoms in total. The lowest BCUT2D eigenvalue weighted by Crippen LogP contribution is -2.38. The lowest BCUT2D eigenvalue weighted by molar-refractivity contribution is -0.164. The van der Waals surface area contributed by atoms with Gasteiger partial charge in [0, 0.05) is 0 Å². The maximum absolute atomic E-state index is 10.8. The topological polar surface area (TPSA) is 46.5 Å². The molecule has 1 aliphatic rings. The number of carboxylic acid groups (broad SMARTS) is 1. The minimum Gasteiger partial charge on any atom is -0.479 e. The van der Waals surface area contributed by atoms with Crippen LogP contribution in [-0.2, 0) is 9.53 Å². The van der Waals surface area contributed by atoms with Gasteiger partial charge in [-0.15, -0.1) is 0 Å². The maximum atomic E-state index is 10.8. The van der Waals surface area contributed by atoms with Gasteiger partial charge in [-0.3, -0.25) is 0 Å². The van der Waals surface area contributed by atoms with Gasteiger partial charge in [0.1, 0.15) is 0 Å². The summed E-state index contributed by atoms with van der Waals surface area (Å²) in [5.41, 5.74) is -0.970. The zero-order valence-corrected chi connectivity index (χ0v) is 7.67. The highest BCUT2D eigenvalue weighted by Gasteiger charge is 2.34. The summed E-state index contributed by atoms with van der Waals surface area (Å²) in [6.07, 6.45) is 2.91. The van der Waals surface area contributed by atoms with Crippen molar-refractivity contribution in [1.29, 1.82) is 0 Å². The molecule has 0 aromatic carbocycles. The summed E-state index contributed by atoms with van der Waals surface area (Å²) in [5, 5.41) is 8.84. The molecule has 0 aliphatic heterocycles. The second kappa shape index (κ2) is 3.44. The lowest BCUT2D eigenvalue weighted by Gasteiger charge is -2.23. The van der Waals surface area contributed by atoms with Gasteiger partial charge in [0.25, 0.3) is 0 Å². The molecule has 1 rings (SSSR count). The molecule has 12 heavy (non-hydrogen) atoms. The van der Waals surface area contributed by atoms with E-state index < -0.39 is 11.6 Å². The predicted octanol–water partition coefficient (Wildman–Crippen LogP) is 1.67. The first-order valence-corrected chi connectivity index (χ1v) is 4.46. The fourth-order valence-corrected chi connectivity index (χ4v) is 0.901. The quantitative estimate of drug-likeness (QED) is 0.686. The summed E-state index contributed by atoms with van der Waals surface area (Å²) in [6, 6.07) is 0. The Hall–Kier alpha value is -0.570. The normalized spacial score (nSPS) is 21.8. The molecule has 0 bridgehead atoms. The summed E-state index contributed by atoms with van der Waals surface area (Å²) < 4.78 is 5.36. The molecule has 1 unspecified atom stereocenters. The Morgan fingerprint density at radius 1 is 1.67 bits per heavy atom. The van der Waals surface area contributed by atoms with Gasteiger partial charge in [0.2, 0.25) is 0 Å². The molecule has 1 saturated carbocycles. The zero-order chi connectivity index (χ0) is 9.19. The summed E-state index contributed by atoms with van der Waals surface area (Å²) in [6.45, 7) is 4.08. The smallest absolute Gasteiger partial charge is 0.335 e. The number of ether oxygens (including phenoxy) is 1. The highest BCUT2D eigenvalue weighted by Crippen LogP contribution is 2.31. The Balaban J connectivity index is 2.36. The minimum absolute atomic E-state index is 0.523. The third kappa shape index (κ3) is 2.21. The number of rotatable bonds is 5. The lowest BCUT2D eigenvalue weighted by atomic mass is 10.0. The summed E-state index contributed by atoms with van der Waals surface area (Å²) >= 11 is 0. The molecule has 0 spiro atoms. The van der Waals surface area contributed by atoms with Crippen molar-refractivity contribution in [3.8, 4) is 0 Å². The highest BCUT2D eigenvalue weighted by atomic mass is 16.5. The molecule has 1 fully saturated rings. The van der Waals surface area contributed by atoms with Crippen molar-refractivity contribution in [2.45, 2.75) is 38.7 Å². The van der Waals surface area contributed by atoms with E-state index in [1.807, 2.05) is 6.92 Å². The first kappa shape index (κ1) is 9.52. The Bertz CT molecular complexity index is 175. The van der Waals surface area contributed by atoms with E-state index in [9.17, 15) is 4.79 Å². The average molecular weight is 172 g/mol. The van der Waals surface area contributed by atoms with Crippen molar-refractivity contribution in [3.63, 3.8) is 0 Å². The van der Waals surface area contributed by atoms with E-state index in [1.54, 1.807) is 6.92 Å². The standard InChI is InChI=1S/C9H16O3/c1-3-9(2,8(10)11)12-6-7-4-5-7/h7H,3-6H2,1-2H3,(H,10,11). The summed E-state index contributed by atoms with van der Waals surface area (Å²) in [7, 11) is 0. The van der Waals surface area contributed by atoms with Crippen LogP contribution in [0.2, 0.25) is 0 Å². The second-order valence-corrected chi connectivity index (χ2v) is 3.64. The van der Waals surface area contributed by atoms with Gasteiger partial charge in [-0.2, -0.15) is 0 Å². The summed E-state index contributed by atoms with van der Waals surface area (Å²) in [4.78, 5) is 10.8. The van der Waals surface area contributed by atoms with Crippen molar-refractivity contribution in [2.24, 2.45) is 5.92 Å². The van der Waals surface area contributed by atoms with Crippen molar-refractivity contribution < 1.29 is 14.6 Å². The van der Waals surface area contributed by atoms with Crippen LogP contribution in [0.15, 0.2) is 0 Å². The fraction of sp³-hybridized carbons (Fsp3) is 0.889. The maximum Gasteiger partial charge on any atom is 0.335 e. The van der Waals surface area contributed by atoms with Gasteiger partial charge < -0.3 is 9.84 Å². The van der Waals surface area contributed by atoms with Gasteiger partial charge in [-0.1, -0.05) is 6.92 Å². The first-order chi connectivity index (χ1) is 5.58.